The average Bonchev–Trinajstić information content (AvgIpc) is 2.66. The van der Waals surface area contributed by atoms with Crippen LogP contribution in [-0.4, -0.2) is 23.0 Å². The minimum Gasteiger partial charge on any atom is -0.465 e. The first-order valence-corrected chi connectivity index (χ1v) is 7.54. The van der Waals surface area contributed by atoms with Gasteiger partial charge in [0.1, 0.15) is 5.82 Å². The summed E-state index contributed by atoms with van der Waals surface area (Å²) in [6, 6.07) is 14.4. The number of carbonyl (C=O) groups is 1. The highest BCUT2D eigenvalue weighted by molar-refractivity contribution is 5.91. The normalized spacial score (nSPS) is 9.80. The van der Waals surface area contributed by atoms with Crippen LogP contribution >= 0.6 is 0 Å². The SMILES string of the molecule is COC(=O)c1cc(N)nc(-c2ccc(C#Cc3cccnc3)cc2)c1. The Labute approximate surface area is 145 Å². The zero-order valence-corrected chi connectivity index (χ0v) is 13.6. The van der Waals surface area contributed by atoms with Crippen LogP contribution in [0.2, 0.25) is 0 Å². The van der Waals surface area contributed by atoms with Gasteiger partial charge in [0.15, 0.2) is 0 Å². The first-order chi connectivity index (χ1) is 12.2. The lowest BCUT2D eigenvalue weighted by Gasteiger charge is -2.06. The first kappa shape index (κ1) is 16.2. The van der Waals surface area contributed by atoms with Crippen molar-refractivity contribution in [2.45, 2.75) is 0 Å². The van der Waals surface area contributed by atoms with Crippen molar-refractivity contribution in [1.82, 2.24) is 9.97 Å². The summed E-state index contributed by atoms with van der Waals surface area (Å²) >= 11 is 0. The third kappa shape index (κ3) is 4.01. The van der Waals surface area contributed by atoms with E-state index in [1.807, 2.05) is 36.4 Å². The fraction of sp³-hybridized carbons (Fsp3) is 0.0500. The van der Waals surface area contributed by atoms with E-state index in [1.54, 1.807) is 18.5 Å². The molecule has 0 aliphatic rings. The van der Waals surface area contributed by atoms with Crippen molar-refractivity contribution in [2.75, 3.05) is 12.8 Å². The van der Waals surface area contributed by atoms with Gasteiger partial charge in [-0.15, -0.1) is 0 Å². The van der Waals surface area contributed by atoms with E-state index < -0.39 is 5.97 Å². The minimum atomic E-state index is -0.450. The number of hydrogen-bond donors (Lipinski definition) is 1. The highest BCUT2D eigenvalue weighted by Crippen LogP contribution is 2.21. The highest BCUT2D eigenvalue weighted by Gasteiger charge is 2.10. The average molecular weight is 329 g/mol. The van der Waals surface area contributed by atoms with Crippen molar-refractivity contribution < 1.29 is 9.53 Å². The number of rotatable bonds is 2. The van der Waals surface area contributed by atoms with Crippen molar-refractivity contribution >= 4 is 11.8 Å². The number of carbonyl (C=O) groups excluding carboxylic acids is 1. The molecule has 2 heterocycles. The van der Waals surface area contributed by atoms with Crippen LogP contribution in [-0.2, 0) is 4.74 Å². The number of anilines is 1. The predicted octanol–water partition coefficient (Wildman–Crippen LogP) is 2.91. The molecule has 0 fully saturated rings. The molecule has 0 saturated carbocycles. The summed E-state index contributed by atoms with van der Waals surface area (Å²) in [6.07, 6.45) is 3.42. The number of benzene rings is 1. The van der Waals surface area contributed by atoms with E-state index in [1.165, 1.54) is 13.2 Å². The van der Waals surface area contributed by atoms with Gasteiger partial charge in [-0.1, -0.05) is 24.0 Å². The zero-order valence-electron chi connectivity index (χ0n) is 13.6. The Bertz CT molecular complexity index is 956. The van der Waals surface area contributed by atoms with Crippen LogP contribution in [0.25, 0.3) is 11.3 Å². The molecular formula is C20H15N3O2. The van der Waals surface area contributed by atoms with Gasteiger partial charge >= 0.3 is 5.97 Å². The Morgan fingerprint density at radius 1 is 1.08 bits per heavy atom. The van der Waals surface area contributed by atoms with Crippen LogP contribution in [0, 0.1) is 11.8 Å². The molecule has 0 atom stereocenters. The molecule has 0 amide bonds. The van der Waals surface area contributed by atoms with Gasteiger partial charge in [-0.25, -0.2) is 9.78 Å². The van der Waals surface area contributed by atoms with Crippen molar-refractivity contribution in [3.05, 3.63) is 77.6 Å². The number of pyridine rings is 2. The second-order valence-electron chi connectivity index (χ2n) is 5.23. The van der Waals surface area contributed by atoms with Gasteiger partial charge in [0.2, 0.25) is 0 Å². The summed E-state index contributed by atoms with van der Waals surface area (Å²) in [6.45, 7) is 0. The third-order valence-electron chi connectivity index (χ3n) is 3.46. The number of nitrogens with zero attached hydrogens (tertiary/aromatic N) is 2. The van der Waals surface area contributed by atoms with Gasteiger partial charge in [-0.2, -0.15) is 0 Å². The van der Waals surface area contributed by atoms with Crippen LogP contribution in [0.4, 0.5) is 5.82 Å². The number of aromatic nitrogens is 2. The number of esters is 1. The van der Waals surface area contributed by atoms with Gasteiger partial charge in [0.25, 0.3) is 0 Å². The maximum atomic E-state index is 11.7. The number of nitrogens with two attached hydrogens (primary N) is 1. The molecule has 0 radical (unpaired) electrons. The number of methoxy groups -OCH3 is 1. The lowest BCUT2D eigenvalue weighted by atomic mass is 10.1. The molecule has 2 aromatic heterocycles. The maximum Gasteiger partial charge on any atom is 0.338 e. The molecule has 0 unspecified atom stereocenters. The van der Waals surface area contributed by atoms with E-state index in [0.717, 1.165) is 16.7 Å². The maximum absolute atomic E-state index is 11.7. The predicted molar refractivity (Wildman–Crippen MR) is 95.6 cm³/mol. The fourth-order valence-corrected chi connectivity index (χ4v) is 2.24. The van der Waals surface area contributed by atoms with Crippen LogP contribution in [0.3, 0.4) is 0 Å². The Morgan fingerprint density at radius 2 is 1.84 bits per heavy atom. The number of hydrogen-bond acceptors (Lipinski definition) is 5. The molecule has 5 nitrogen and oxygen atoms in total. The van der Waals surface area contributed by atoms with Gasteiger partial charge < -0.3 is 10.5 Å². The van der Waals surface area contributed by atoms with E-state index in [4.69, 9.17) is 10.5 Å². The molecule has 25 heavy (non-hydrogen) atoms. The summed E-state index contributed by atoms with van der Waals surface area (Å²) in [5.74, 6) is 5.94. The van der Waals surface area contributed by atoms with Gasteiger partial charge in [-0.3, -0.25) is 4.98 Å². The highest BCUT2D eigenvalue weighted by atomic mass is 16.5. The third-order valence-corrected chi connectivity index (χ3v) is 3.46. The molecule has 122 valence electrons. The summed E-state index contributed by atoms with van der Waals surface area (Å²) in [7, 11) is 1.33. The molecule has 5 heteroatoms. The Hall–Kier alpha value is -3.65. The van der Waals surface area contributed by atoms with Crippen molar-refractivity contribution in [3.8, 4) is 23.1 Å². The van der Waals surface area contributed by atoms with Crippen LogP contribution in [0.15, 0.2) is 60.9 Å². The Kier molecular flexibility index (Phi) is 4.72. The molecular weight excluding hydrogens is 314 g/mol. The monoisotopic (exact) mass is 329 g/mol. The topological polar surface area (TPSA) is 78.1 Å². The van der Waals surface area contributed by atoms with Crippen LogP contribution in [0.5, 0.6) is 0 Å². The number of nitrogen functional groups attached to an aromatic ring is 1. The molecule has 0 saturated heterocycles. The van der Waals surface area contributed by atoms with Gasteiger partial charge in [0, 0.05) is 29.1 Å². The Morgan fingerprint density at radius 3 is 2.52 bits per heavy atom. The van der Waals surface area contributed by atoms with E-state index in [-0.39, 0.29) is 5.82 Å². The minimum absolute atomic E-state index is 0.262. The number of ether oxygens (including phenoxy) is 1. The van der Waals surface area contributed by atoms with E-state index in [2.05, 4.69) is 21.8 Å². The molecule has 2 N–H and O–H groups in total. The molecule has 3 rings (SSSR count). The van der Waals surface area contributed by atoms with Crippen LogP contribution in [0.1, 0.15) is 21.5 Å². The standard InChI is InChI=1S/C20H15N3O2/c1-25-20(24)17-11-18(23-19(21)12-17)16-8-6-14(7-9-16)4-5-15-3-2-10-22-13-15/h2-3,6-13H,1H3,(H2,21,23). The molecule has 0 aliphatic heterocycles. The van der Waals surface area contributed by atoms with Crippen molar-refractivity contribution in [1.29, 1.82) is 0 Å². The second kappa shape index (κ2) is 7.28. The molecule has 1 aromatic carbocycles. The van der Waals surface area contributed by atoms with Crippen molar-refractivity contribution in [3.63, 3.8) is 0 Å². The summed E-state index contributed by atoms with van der Waals surface area (Å²) < 4.78 is 4.73. The lowest BCUT2D eigenvalue weighted by molar-refractivity contribution is 0.0600. The summed E-state index contributed by atoms with van der Waals surface area (Å²) in [5.41, 5.74) is 9.31. The largest absolute Gasteiger partial charge is 0.465 e. The van der Waals surface area contributed by atoms with E-state index >= 15 is 0 Å². The molecule has 3 aromatic rings. The first-order valence-electron chi connectivity index (χ1n) is 7.54. The molecule has 0 spiro atoms. The zero-order chi connectivity index (χ0) is 17.6. The fourth-order valence-electron chi connectivity index (χ4n) is 2.24. The van der Waals surface area contributed by atoms with Gasteiger partial charge in [-0.05, 0) is 36.4 Å². The molecule has 0 bridgehead atoms. The lowest BCUT2D eigenvalue weighted by Crippen LogP contribution is -2.04. The Balaban J connectivity index is 1.87. The van der Waals surface area contributed by atoms with E-state index in [0.29, 0.717) is 11.3 Å². The van der Waals surface area contributed by atoms with Gasteiger partial charge in [0.05, 0.1) is 18.4 Å². The van der Waals surface area contributed by atoms with Crippen molar-refractivity contribution in [2.24, 2.45) is 0 Å². The smallest absolute Gasteiger partial charge is 0.338 e. The quantitative estimate of drug-likeness (QED) is 0.578. The summed E-state index contributed by atoms with van der Waals surface area (Å²) in [4.78, 5) is 20.0. The van der Waals surface area contributed by atoms with E-state index in [9.17, 15) is 4.79 Å². The molecule has 0 aliphatic carbocycles. The second-order valence-corrected chi connectivity index (χ2v) is 5.23. The van der Waals surface area contributed by atoms with Crippen LogP contribution < -0.4 is 5.73 Å². The summed E-state index contributed by atoms with van der Waals surface area (Å²) in [5, 5.41) is 0.